The lowest BCUT2D eigenvalue weighted by Crippen LogP contribution is -2.15. The second-order valence-corrected chi connectivity index (χ2v) is 7.34. The number of aryl methyl sites for hydroxylation is 1. The predicted molar refractivity (Wildman–Crippen MR) is 94.3 cm³/mol. The van der Waals surface area contributed by atoms with E-state index in [2.05, 4.69) is 29.4 Å². The molecule has 0 unspecified atom stereocenters. The van der Waals surface area contributed by atoms with Gasteiger partial charge >= 0.3 is 0 Å². The van der Waals surface area contributed by atoms with Crippen molar-refractivity contribution in [1.82, 2.24) is 14.8 Å². The quantitative estimate of drug-likeness (QED) is 0.771. The number of halogens is 1. The van der Waals surface area contributed by atoms with E-state index in [9.17, 15) is 4.79 Å². The lowest BCUT2D eigenvalue weighted by molar-refractivity contribution is 0.101. The van der Waals surface area contributed by atoms with E-state index in [1.54, 1.807) is 0 Å². The zero-order valence-electron chi connectivity index (χ0n) is 13.1. The highest BCUT2D eigenvalue weighted by Gasteiger charge is 2.16. The van der Waals surface area contributed by atoms with Gasteiger partial charge in [-0.1, -0.05) is 42.9 Å². The zero-order chi connectivity index (χ0) is 16.6. The van der Waals surface area contributed by atoms with Crippen molar-refractivity contribution in [2.45, 2.75) is 20.3 Å². The fraction of sp³-hybridized carbons (Fsp3) is 0.312. The normalized spacial score (nSPS) is 11.3. The number of rotatable bonds is 4. The molecule has 0 spiro atoms. The van der Waals surface area contributed by atoms with Crippen LogP contribution in [0.2, 0.25) is 5.02 Å². The molecule has 0 bridgehead atoms. The van der Waals surface area contributed by atoms with Crippen LogP contribution in [-0.4, -0.2) is 20.7 Å². The highest BCUT2D eigenvalue weighted by atomic mass is 35.5. The first-order chi connectivity index (χ1) is 10.9. The van der Waals surface area contributed by atoms with Crippen molar-refractivity contribution in [1.29, 1.82) is 0 Å². The second-order valence-electron chi connectivity index (χ2n) is 5.84. The molecule has 0 aliphatic heterocycles. The third kappa shape index (κ3) is 3.38. The smallest absolute Gasteiger partial charge is 0.274 e. The van der Waals surface area contributed by atoms with Crippen molar-refractivity contribution < 1.29 is 4.79 Å². The van der Waals surface area contributed by atoms with Crippen LogP contribution in [0.4, 0.5) is 5.13 Å². The Balaban J connectivity index is 1.83. The number of benzene rings is 1. The van der Waals surface area contributed by atoms with Gasteiger partial charge in [0.1, 0.15) is 10.7 Å². The van der Waals surface area contributed by atoms with Gasteiger partial charge in [0.05, 0.1) is 0 Å². The summed E-state index contributed by atoms with van der Waals surface area (Å²) in [6.07, 6.45) is 0.861. The van der Waals surface area contributed by atoms with Gasteiger partial charge in [0.15, 0.2) is 0 Å². The Morgan fingerprint density at radius 1 is 1.35 bits per heavy atom. The second kappa shape index (κ2) is 6.29. The molecule has 120 valence electrons. The Morgan fingerprint density at radius 3 is 2.87 bits per heavy atom. The third-order valence-corrected chi connectivity index (χ3v) is 4.61. The van der Waals surface area contributed by atoms with Gasteiger partial charge in [-0.05, 0) is 24.1 Å². The maximum Gasteiger partial charge on any atom is 0.274 e. The van der Waals surface area contributed by atoms with Gasteiger partial charge in [0, 0.05) is 29.4 Å². The van der Waals surface area contributed by atoms with Gasteiger partial charge in [0.25, 0.3) is 5.91 Å². The molecule has 2 aromatic heterocycles. The maximum atomic E-state index is 12.5. The van der Waals surface area contributed by atoms with Gasteiger partial charge in [-0.25, -0.2) is 0 Å². The molecule has 0 aliphatic carbocycles. The molecular weight excluding hydrogens is 332 g/mol. The summed E-state index contributed by atoms with van der Waals surface area (Å²) in [5, 5.41) is 14.0. The first-order valence-electron chi connectivity index (χ1n) is 7.32. The summed E-state index contributed by atoms with van der Waals surface area (Å²) >= 11 is 7.44. The van der Waals surface area contributed by atoms with Crippen LogP contribution in [0.5, 0.6) is 0 Å². The van der Waals surface area contributed by atoms with Crippen LogP contribution in [-0.2, 0) is 13.5 Å². The summed E-state index contributed by atoms with van der Waals surface area (Å²) in [4.78, 5) is 12.5. The number of nitrogens with one attached hydrogen (secondary N) is 1. The van der Waals surface area contributed by atoms with Crippen molar-refractivity contribution in [3.63, 3.8) is 0 Å². The summed E-state index contributed by atoms with van der Waals surface area (Å²) in [5.41, 5.74) is 1.48. The summed E-state index contributed by atoms with van der Waals surface area (Å²) < 4.78 is 1.83. The molecule has 7 heteroatoms. The molecule has 0 fully saturated rings. The van der Waals surface area contributed by atoms with Crippen LogP contribution in [0, 0.1) is 5.92 Å². The van der Waals surface area contributed by atoms with Crippen molar-refractivity contribution in [2.24, 2.45) is 13.0 Å². The molecule has 0 aliphatic rings. The molecule has 1 N–H and O–H groups in total. The number of anilines is 1. The lowest BCUT2D eigenvalue weighted by atomic mass is 10.1. The van der Waals surface area contributed by atoms with E-state index in [1.165, 1.54) is 11.3 Å². The molecule has 3 rings (SSSR count). The number of amides is 1. The molecule has 0 saturated carbocycles. The van der Waals surface area contributed by atoms with Crippen molar-refractivity contribution >= 4 is 44.9 Å². The Labute approximate surface area is 143 Å². The van der Waals surface area contributed by atoms with Crippen molar-refractivity contribution in [2.75, 3.05) is 5.32 Å². The standard InChI is InChI=1S/C16H17ClN4OS/c1-9(2)6-14-19-20-16(23-14)18-15(22)13-7-10-4-5-11(17)8-12(10)21(13)3/h4-5,7-9H,6H2,1-3H3,(H,18,20,22). The van der Waals surface area contributed by atoms with Gasteiger partial charge in [-0.2, -0.15) is 0 Å². The molecule has 0 radical (unpaired) electrons. The minimum atomic E-state index is -0.202. The number of fused-ring (bicyclic) bond motifs is 1. The minimum absolute atomic E-state index is 0.202. The number of aromatic nitrogens is 3. The zero-order valence-corrected chi connectivity index (χ0v) is 14.7. The summed E-state index contributed by atoms with van der Waals surface area (Å²) in [7, 11) is 1.85. The fourth-order valence-corrected chi connectivity index (χ4v) is 3.53. The Kier molecular flexibility index (Phi) is 4.37. The van der Waals surface area contributed by atoms with Crippen LogP contribution in [0.3, 0.4) is 0 Å². The average Bonchev–Trinajstić information content (AvgIpc) is 3.03. The molecular formula is C16H17ClN4OS. The van der Waals surface area contributed by atoms with Gasteiger partial charge in [0.2, 0.25) is 5.13 Å². The van der Waals surface area contributed by atoms with Gasteiger partial charge in [-0.3, -0.25) is 10.1 Å². The van der Waals surface area contributed by atoms with E-state index < -0.39 is 0 Å². The minimum Gasteiger partial charge on any atom is -0.340 e. The van der Waals surface area contributed by atoms with Crippen LogP contribution < -0.4 is 5.32 Å². The summed E-state index contributed by atoms with van der Waals surface area (Å²) in [5.74, 6) is 0.307. The van der Waals surface area contributed by atoms with Crippen LogP contribution in [0.1, 0.15) is 29.3 Å². The summed E-state index contributed by atoms with van der Waals surface area (Å²) in [6, 6.07) is 7.41. The van der Waals surface area contributed by atoms with Gasteiger partial charge in [-0.15, -0.1) is 10.2 Å². The third-order valence-electron chi connectivity index (χ3n) is 3.51. The Bertz CT molecular complexity index is 868. The van der Waals surface area contributed by atoms with Crippen LogP contribution in [0.15, 0.2) is 24.3 Å². The highest BCUT2D eigenvalue weighted by Crippen LogP contribution is 2.24. The average molecular weight is 349 g/mol. The van der Waals surface area contributed by atoms with E-state index in [0.29, 0.717) is 21.8 Å². The molecule has 1 aromatic carbocycles. The van der Waals surface area contributed by atoms with Gasteiger partial charge < -0.3 is 4.57 Å². The van der Waals surface area contributed by atoms with Crippen LogP contribution >= 0.6 is 22.9 Å². The number of carbonyl (C=O) groups is 1. The van der Waals surface area contributed by atoms with E-state index in [1.807, 2.05) is 35.9 Å². The van der Waals surface area contributed by atoms with Crippen molar-refractivity contribution in [3.05, 3.63) is 40.0 Å². The number of carbonyl (C=O) groups excluding carboxylic acids is 1. The first-order valence-corrected chi connectivity index (χ1v) is 8.52. The SMILES string of the molecule is CC(C)Cc1nnc(NC(=O)c2cc3ccc(Cl)cc3n2C)s1. The van der Waals surface area contributed by atoms with E-state index in [-0.39, 0.29) is 5.91 Å². The molecule has 0 saturated heterocycles. The molecule has 1 amide bonds. The van der Waals surface area contributed by atoms with Crippen LogP contribution in [0.25, 0.3) is 10.9 Å². The van der Waals surface area contributed by atoms with E-state index >= 15 is 0 Å². The number of nitrogens with zero attached hydrogens (tertiary/aromatic N) is 3. The lowest BCUT2D eigenvalue weighted by Gasteiger charge is -2.03. The van der Waals surface area contributed by atoms with Crippen molar-refractivity contribution in [3.8, 4) is 0 Å². The Morgan fingerprint density at radius 2 is 2.13 bits per heavy atom. The molecule has 23 heavy (non-hydrogen) atoms. The molecule has 0 atom stereocenters. The number of hydrogen-bond acceptors (Lipinski definition) is 4. The topological polar surface area (TPSA) is 59.8 Å². The highest BCUT2D eigenvalue weighted by molar-refractivity contribution is 7.15. The maximum absolute atomic E-state index is 12.5. The predicted octanol–water partition coefficient (Wildman–Crippen LogP) is 4.13. The molecule has 5 nitrogen and oxygen atoms in total. The fourth-order valence-electron chi connectivity index (χ4n) is 2.42. The molecule has 2 heterocycles. The molecule has 3 aromatic rings. The van der Waals surface area contributed by atoms with E-state index in [0.717, 1.165) is 22.3 Å². The Hall–Kier alpha value is -1.92. The first kappa shape index (κ1) is 16.0. The van der Waals surface area contributed by atoms with E-state index in [4.69, 9.17) is 11.6 Å². The summed E-state index contributed by atoms with van der Waals surface area (Å²) in [6.45, 7) is 4.25. The monoisotopic (exact) mass is 348 g/mol. The largest absolute Gasteiger partial charge is 0.340 e. The number of hydrogen-bond donors (Lipinski definition) is 1.